The number of aryl methyl sites for hydroxylation is 1. The Balaban J connectivity index is 2.42. The second kappa shape index (κ2) is 5.17. The molecule has 0 saturated carbocycles. The molecule has 0 saturated heterocycles. The fraction of sp³-hybridized carbons (Fsp3) is 0.529. The van der Waals surface area contributed by atoms with E-state index in [1.807, 2.05) is 24.1 Å². The van der Waals surface area contributed by atoms with Gasteiger partial charge in [0.25, 0.3) is 0 Å². The lowest BCUT2D eigenvalue weighted by Gasteiger charge is -2.28. The van der Waals surface area contributed by atoms with E-state index < -0.39 is 0 Å². The minimum absolute atomic E-state index is 0.0423. The molecule has 21 heavy (non-hydrogen) atoms. The number of pyridine rings is 1. The molecule has 0 aliphatic rings. The second-order valence-corrected chi connectivity index (χ2v) is 7.42. The SMILES string of the molecule is Cn1ccc(C(C)(C)Cc2c[nH]c(=O)cc2C(C)(C)C)n1. The van der Waals surface area contributed by atoms with Crippen molar-refractivity contribution in [2.75, 3.05) is 0 Å². The number of H-pyrrole nitrogens is 1. The van der Waals surface area contributed by atoms with Gasteiger partial charge in [0.05, 0.1) is 5.69 Å². The van der Waals surface area contributed by atoms with Crippen molar-refractivity contribution >= 4 is 0 Å². The molecule has 2 rings (SSSR count). The summed E-state index contributed by atoms with van der Waals surface area (Å²) < 4.78 is 1.83. The van der Waals surface area contributed by atoms with Crippen molar-refractivity contribution in [3.8, 4) is 0 Å². The van der Waals surface area contributed by atoms with Crippen LogP contribution < -0.4 is 5.56 Å². The van der Waals surface area contributed by atoms with Gasteiger partial charge in [-0.25, -0.2) is 0 Å². The van der Waals surface area contributed by atoms with E-state index in [0.717, 1.165) is 17.7 Å². The monoisotopic (exact) mass is 287 g/mol. The molecule has 2 heterocycles. The van der Waals surface area contributed by atoms with Gasteiger partial charge in [-0.15, -0.1) is 0 Å². The van der Waals surface area contributed by atoms with Crippen LogP contribution in [0.2, 0.25) is 0 Å². The molecular formula is C17H25N3O. The van der Waals surface area contributed by atoms with Crippen molar-refractivity contribution in [3.63, 3.8) is 0 Å². The van der Waals surface area contributed by atoms with Crippen molar-refractivity contribution in [2.24, 2.45) is 7.05 Å². The first-order valence-electron chi connectivity index (χ1n) is 7.32. The summed E-state index contributed by atoms with van der Waals surface area (Å²) >= 11 is 0. The van der Waals surface area contributed by atoms with Gasteiger partial charge >= 0.3 is 0 Å². The highest BCUT2D eigenvalue weighted by atomic mass is 16.1. The standard InChI is InChI=1S/C17H25N3O/c1-16(2,3)13-9-15(21)18-11-12(13)10-17(4,5)14-7-8-20(6)19-14/h7-9,11H,10H2,1-6H3,(H,18,21). The Labute approximate surface area is 126 Å². The molecule has 0 aliphatic heterocycles. The molecule has 0 fully saturated rings. The largest absolute Gasteiger partial charge is 0.329 e. The molecule has 0 radical (unpaired) electrons. The number of nitrogens with one attached hydrogen (secondary N) is 1. The Kier molecular flexibility index (Phi) is 3.83. The smallest absolute Gasteiger partial charge is 0.248 e. The van der Waals surface area contributed by atoms with Crippen LogP contribution in [0.1, 0.15) is 51.4 Å². The van der Waals surface area contributed by atoms with Gasteiger partial charge in [-0.05, 0) is 29.0 Å². The molecule has 2 aromatic heterocycles. The minimum Gasteiger partial charge on any atom is -0.329 e. The van der Waals surface area contributed by atoms with Crippen molar-refractivity contribution in [2.45, 2.75) is 51.9 Å². The van der Waals surface area contributed by atoms with Crippen molar-refractivity contribution in [1.29, 1.82) is 0 Å². The zero-order chi connectivity index (χ0) is 15.8. The summed E-state index contributed by atoms with van der Waals surface area (Å²) in [5, 5.41) is 4.53. The van der Waals surface area contributed by atoms with Gasteiger partial charge < -0.3 is 4.98 Å². The summed E-state index contributed by atoms with van der Waals surface area (Å²) in [5.74, 6) is 0. The number of hydrogen-bond donors (Lipinski definition) is 1. The van der Waals surface area contributed by atoms with E-state index in [2.05, 4.69) is 50.8 Å². The topological polar surface area (TPSA) is 50.7 Å². The lowest BCUT2D eigenvalue weighted by Crippen LogP contribution is -2.26. The highest BCUT2D eigenvalue weighted by Gasteiger charge is 2.27. The van der Waals surface area contributed by atoms with Crippen LogP contribution in [0.15, 0.2) is 29.3 Å². The summed E-state index contributed by atoms with van der Waals surface area (Å²) in [6.07, 6.45) is 4.66. The third kappa shape index (κ3) is 3.43. The first kappa shape index (κ1) is 15.5. The van der Waals surface area contributed by atoms with Gasteiger partial charge in [0.1, 0.15) is 0 Å². The quantitative estimate of drug-likeness (QED) is 0.943. The van der Waals surface area contributed by atoms with Crippen LogP contribution in [0.4, 0.5) is 0 Å². The number of nitrogens with zero attached hydrogens (tertiary/aromatic N) is 2. The molecule has 0 spiro atoms. The number of aromatic nitrogens is 3. The first-order chi connectivity index (χ1) is 9.59. The van der Waals surface area contributed by atoms with Gasteiger partial charge in [0, 0.05) is 30.9 Å². The van der Waals surface area contributed by atoms with Gasteiger partial charge in [0.15, 0.2) is 0 Å². The first-order valence-corrected chi connectivity index (χ1v) is 7.32. The molecule has 0 aliphatic carbocycles. The molecule has 4 nitrogen and oxygen atoms in total. The molecular weight excluding hydrogens is 262 g/mol. The Morgan fingerprint density at radius 1 is 1.24 bits per heavy atom. The average molecular weight is 287 g/mol. The summed E-state index contributed by atoms with van der Waals surface area (Å²) in [7, 11) is 1.93. The Morgan fingerprint density at radius 3 is 2.43 bits per heavy atom. The third-order valence-electron chi connectivity index (χ3n) is 3.86. The van der Waals surface area contributed by atoms with Gasteiger partial charge in [-0.2, -0.15) is 5.10 Å². The predicted molar refractivity (Wildman–Crippen MR) is 85.7 cm³/mol. The van der Waals surface area contributed by atoms with Gasteiger partial charge in [-0.3, -0.25) is 9.48 Å². The fourth-order valence-corrected chi connectivity index (χ4v) is 2.69. The number of aromatic amines is 1. The van der Waals surface area contributed by atoms with Gasteiger partial charge in [-0.1, -0.05) is 34.6 Å². The molecule has 0 unspecified atom stereocenters. The fourth-order valence-electron chi connectivity index (χ4n) is 2.69. The van der Waals surface area contributed by atoms with E-state index in [1.165, 1.54) is 5.56 Å². The van der Waals surface area contributed by atoms with E-state index in [1.54, 1.807) is 6.07 Å². The van der Waals surface area contributed by atoms with Gasteiger partial charge in [0.2, 0.25) is 5.56 Å². The van der Waals surface area contributed by atoms with E-state index in [0.29, 0.717) is 0 Å². The molecule has 4 heteroatoms. The molecule has 0 atom stereocenters. The lowest BCUT2D eigenvalue weighted by atomic mass is 9.77. The van der Waals surface area contributed by atoms with Crippen LogP contribution >= 0.6 is 0 Å². The maximum atomic E-state index is 11.7. The van der Waals surface area contributed by atoms with E-state index in [4.69, 9.17) is 0 Å². The summed E-state index contributed by atoms with van der Waals surface area (Å²) in [5.41, 5.74) is 3.17. The molecule has 0 aromatic carbocycles. The Hall–Kier alpha value is -1.84. The molecule has 2 aromatic rings. The summed E-state index contributed by atoms with van der Waals surface area (Å²) in [4.78, 5) is 14.5. The summed E-state index contributed by atoms with van der Waals surface area (Å²) in [6.45, 7) is 10.8. The second-order valence-electron chi connectivity index (χ2n) is 7.42. The Bertz CT molecular complexity index is 687. The van der Waals surface area contributed by atoms with Crippen LogP contribution in [-0.2, 0) is 24.3 Å². The minimum atomic E-state index is -0.0838. The maximum absolute atomic E-state index is 11.7. The van der Waals surface area contributed by atoms with Crippen molar-refractivity contribution in [1.82, 2.24) is 14.8 Å². The molecule has 0 bridgehead atoms. The number of rotatable bonds is 3. The van der Waals surface area contributed by atoms with E-state index >= 15 is 0 Å². The van der Waals surface area contributed by atoms with Crippen LogP contribution in [0.25, 0.3) is 0 Å². The highest BCUT2D eigenvalue weighted by Crippen LogP contribution is 2.31. The Morgan fingerprint density at radius 2 is 1.90 bits per heavy atom. The summed E-state index contributed by atoms with van der Waals surface area (Å²) in [6, 6.07) is 3.78. The normalized spacial score (nSPS) is 12.7. The highest BCUT2D eigenvalue weighted by molar-refractivity contribution is 5.32. The van der Waals surface area contributed by atoms with Crippen LogP contribution in [0.5, 0.6) is 0 Å². The zero-order valence-electron chi connectivity index (χ0n) is 13.8. The lowest BCUT2D eigenvalue weighted by molar-refractivity contribution is 0.484. The average Bonchev–Trinajstić information content (AvgIpc) is 2.77. The number of hydrogen-bond acceptors (Lipinski definition) is 2. The van der Waals surface area contributed by atoms with E-state index in [9.17, 15) is 4.79 Å². The zero-order valence-corrected chi connectivity index (χ0v) is 13.8. The predicted octanol–water partition coefficient (Wildman–Crippen LogP) is 2.93. The molecule has 0 amide bonds. The van der Waals surface area contributed by atoms with Crippen LogP contribution in [0.3, 0.4) is 0 Å². The van der Waals surface area contributed by atoms with Crippen molar-refractivity contribution in [3.05, 3.63) is 51.7 Å². The third-order valence-corrected chi connectivity index (χ3v) is 3.86. The van der Waals surface area contributed by atoms with Crippen LogP contribution in [-0.4, -0.2) is 14.8 Å². The molecule has 1 N–H and O–H groups in total. The van der Waals surface area contributed by atoms with E-state index in [-0.39, 0.29) is 16.4 Å². The molecule has 114 valence electrons. The van der Waals surface area contributed by atoms with Crippen LogP contribution in [0, 0.1) is 0 Å². The maximum Gasteiger partial charge on any atom is 0.248 e. The van der Waals surface area contributed by atoms with Crippen molar-refractivity contribution < 1.29 is 0 Å².